The van der Waals surface area contributed by atoms with E-state index in [4.69, 9.17) is 27.4 Å². The van der Waals surface area contributed by atoms with Gasteiger partial charge in [0.05, 0.1) is 21.5 Å². The lowest BCUT2D eigenvalue weighted by Gasteiger charge is -2.12. The molecular weight excluding hydrogens is 517 g/mol. The fourth-order valence-electron chi connectivity index (χ4n) is 3.11. The van der Waals surface area contributed by atoms with E-state index in [0.717, 1.165) is 22.2 Å². The van der Waals surface area contributed by atoms with Crippen LogP contribution in [0.4, 0.5) is 4.79 Å². The topological polar surface area (TPSA) is 80.8 Å². The van der Waals surface area contributed by atoms with Crippen molar-refractivity contribution in [2.45, 2.75) is 18.4 Å². The van der Waals surface area contributed by atoms with Crippen LogP contribution in [0.3, 0.4) is 0 Å². The first-order chi connectivity index (χ1) is 16.1. The Morgan fingerprint density at radius 2 is 1.62 bits per heavy atom. The number of halogens is 2. The van der Waals surface area contributed by atoms with Crippen LogP contribution in [-0.2, 0) is 21.5 Å². The molecule has 0 unspecified atom stereocenters. The summed E-state index contributed by atoms with van der Waals surface area (Å²) >= 11 is 12.8. The van der Waals surface area contributed by atoms with Gasteiger partial charge in [-0.25, -0.2) is 0 Å². The summed E-state index contributed by atoms with van der Waals surface area (Å²) in [6, 6.07) is 17.4. The summed E-state index contributed by atoms with van der Waals surface area (Å²) in [6.07, 6.45) is 1.57. The monoisotopic (exact) mass is 533 g/mol. The quantitative estimate of drug-likeness (QED) is 0.273. The van der Waals surface area contributed by atoms with Crippen molar-refractivity contribution in [2.75, 3.05) is 0 Å². The first-order valence-corrected chi connectivity index (χ1v) is 12.9. The molecule has 2 amide bonds. The van der Waals surface area contributed by atoms with E-state index >= 15 is 0 Å². The van der Waals surface area contributed by atoms with E-state index < -0.39 is 21.3 Å². The molecule has 0 spiro atoms. The Morgan fingerprint density at radius 3 is 2.26 bits per heavy atom. The average Bonchev–Trinajstić information content (AvgIpc) is 3.05. The standard InChI is InChI=1S/C24H17Cl2NO5S2/c1-15-2-9-19(10-3-15)34(30,31)32-18-7-4-16(5-8-18)13-22-23(28)27(24(29)33-22)14-17-6-11-20(25)21(26)12-17/h2-13H,14H2,1H3/b22-13-. The van der Waals surface area contributed by atoms with Crippen LogP contribution in [0.1, 0.15) is 16.7 Å². The summed E-state index contributed by atoms with van der Waals surface area (Å²) in [7, 11) is -3.97. The van der Waals surface area contributed by atoms with Crippen LogP contribution in [0.15, 0.2) is 76.5 Å². The fourth-order valence-corrected chi connectivity index (χ4v) is 5.20. The second-order valence-electron chi connectivity index (χ2n) is 7.44. The van der Waals surface area contributed by atoms with Crippen LogP contribution in [0, 0.1) is 6.92 Å². The van der Waals surface area contributed by atoms with Gasteiger partial charge in [0, 0.05) is 0 Å². The molecule has 1 saturated heterocycles. The van der Waals surface area contributed by atoms with Gasteiger partial charge in [0.1, 0.15) is 10.6 Å². The molecule has 0 N–H and O–H groups in total. The van der Waals surface area contributed by atoms with Gasteiger partial charge >= 0.3 is 10.1 Å². The molecule has 4 rings (SSSR count). The third-order valence-electron chi connectivity index (χ3n) is 4.89. The summed E-state index contributed by atoms with van der Waals surface area (Å²) in [5.41, 5.74) is 2.22. The van der Waals surface area contributed by atoms with Gasteiger partial charge in [-0.05, 0) is 72.3 Å². The van der Waals surface area contributed by atoms with Crippen molar-refractivity contribution in [3.8, 4) is 5.75 Å². The normalized spacial score (nSPS) is 15.3. The van der Waals surface area contributed by atoms with Gasteiger partial charge in [0.25, 0.3) is 11.1 Å². The maximum atomic E-state index is 12.8. The second kappa shape index (κ2) is 9.84. The van der Waals surface area contributed by atoms with Gasteiger partial charge in [0.15, 0.2) is 0 Å². The molecule has 1 fully saturated rings. The van der Waals surface area contributed by atoms with Crippen molar-refractivity contribution in [3.63, 3.8) is 0 Å². The Hall–Kier alpha value is -2.78. The Bertz CT molecular complexity index is 1400. The largest absolute Gasteiger partial charge is 0.379 e. The molecular formula is C24H17Cl2NO5S2. The van der Waals surface area contributed by atoms with Crippen molar-refractivity contribution >= 4 is 62.3 Å². The SMILES string of the molecule is Cc1ccc(S(=O)(=O)Oc2ccc(/C=C3\SC(=O)N(Cc4ccc(Cl)c(Cl)c4)C3=O)cc2)cc1. The van der Waals surface area contributed by atoms with E-state index in [9.17, 15) is 18.0 Å². The zero-order chi connectivity index (χ0) is 24.5. The molecule has 0 aromatic heterocycles. The maximum absolute atomic E-state index is 12.8. The summed E-state index contributed by atoms with van der Waals surface area (Å²) in [5, 5.41) is 0.332. The van der Waals surface area contributed by atoms with Gasteiger partial charge in [-0.1, -0.05) is 59.1 Å². The van der Waals surface area contributed by atoms with Crippen molar-refractivity contribution in [1.82, 2.24) is 4.90 Å². The van der Waals surface area contributed by atoms with Crippen molar-refractivity contribution in [2.24, 2.45) is 0 Å². The Balaban J connectivity index is 1.46. The molecule has 3 aromatic carbocycles. The highest BCUT2D eigenvalue weighted by Crippen LogP contribution is 2.34. The molecule has 0 radical (unpaired) electrons. The second-order valence-corrected chi connectivity index (χ2v) is 10.8. The minimum Gasteiger partial charge on any atom is -0.379 e. The Morgan fingerprint density at radius 1 is 0.941 bits per heavy atom. The predicted molar refractivity (Wildman–Crippen MR) is 133 cm³/mol. The van der Waals surface area contributed by atoms with E-state index in [1.54, 1.807) is 48.5 Å². The summed E-state index contributed by atoms with van der Waals surface area (Å²) in [5.74, 6) is -0.297. The lowest BCUT2D eigenvalue weighted by Crippen LogP contribution is -2.27. The molecule has 10 heteroatoms. The highest BCUT2D eigenvalue weighted by Gasteiger charge is 2.35. The zero-order valence-electron chi connectivity index (χ0n) is 17.7. The molecule has 0 aliphatic carbocycles. The van der Waals surface area contributed by atoms with E-state index in [1.807, 2.05) is 6.92 Å². The molecule has 0 saturated carbocycles. The van der Waals surface area contributed by atoms with Crippen LogP contribution in [0.25, 0.3) is 6.08 Å². The number of thioether (sulfide) groups is 1. The number of carbonyl (C=O) groups is 2. The third kappa shape index (κ3) is 5.47. The van der Waals surface area contributed by atoms with Gasteiger partial charge in [0.2, 0.25) is 0 Å². The number of carbonyl (C=O) groups excluding carboxylic acids is 2. The Kier molecular flexibility index (Phi) is 7.04. The maximum Gasteiger partial charge on any atom is 0.339 e. The minimum atomic E-state index is -3.97. The van der Waals surface area contributed by atoms with Crippen molar-refractivity contribution in [1.29, 1.82) is 0 Å². The molecule has 0 bridgehead atoms. The van der Waals surface area contributed by atoms with Crippen LogP contribution >= 0.6 is 35.0 Å². The number of aryl methyl sites for hydroxylation is 1. The van der Waals surface area contributed by atoms with E-state index in [0.29, 0.717) is 21.2 Å². The number of nitrogens with zero attached hydrogens (tertiary/aromatic N) is 1. The van der Waals surface area contributed by atoms with Crippen LogP contribution < -0.4 is 4.18 Å². The van der Waals surface area contributed by atoms with Crippen molar-refractivity contribution < 1.29 is 22.2 Å². The molecule has 34 heavy (non-hydrogen) atoms. The number of hydrogen-bond acceptors (Lipinski definition) is 6. The van der Waals surface area contributed by atoms with Gasteiger partial charge < -0.3 is 4.18 Å². The highest BCUT2D eigenvalue weighted by molar-refractivity contribution is 8.18. The van der Waals surface area contributed by atoms with E-state index in [2.05, 4.69) is 0 Å². The molecule has 3 aromatic rings. The van der Waals surface area contributed by atoms with Crippen molar-refractivity contribution in [3.05, 3.63) is 98.4 Å². The average molecular weight is 534 g/mol. The number of hydrogen-bond donors (Lipinski definition) is 0. The zero-order valence-corrected chi connectivity index (χ0v) is 20.8. The molecule has 6 nitrogen and oxygen atoms in total. The Labute approximate surface area is 211 Å². The number of rotatable bonds is 6. The lowest BCUT2D eigenvalue weighted by molar-refractivity contribution is -0.123. The smallest absolute Gasteiger partial charge is 0.339 e. The molecule has 1 aliphatic heterocycles. The number of imide groups is 1. The van der Waals surface area contributed by atoms with Gasteiger partial charge in [-0.3, -0.25) is 14.5 Å². The minimum absolute atomic E-state index is 0.0535. The summed E-state index contributed by atoms with van der Waals surface area (Å²) < 4.78 is 30.1. The van der Waals surface area contributed by atoms with Gasteiger partial charge in [-0.15, -0.1) is 0 Å². The molecule has 0 atom stereocenters. The third-order valence-corrected chi connectivity index (χ3v) is 7.80. The van der Waals surface area contributed by atoms with E-state index in [1.165, 1.54) is 24.3 Å². The summed E-state index contributed by atoms with van der Waals surface area (Å²) in [6.45, 7) is 1.93. The fraction of sp³-hybridized carbons (Fsp3) is 0.0833. The van der Waals surface area contributed by atoms with Crippen LogP contribution in [0.2, 0.25) is 10.0 Å². The number of amides is 2. The lowest BCUT2D eigenvalue weighted by atomic mass is 10.2. The first-order valence-electron chi connectivity index (χ1n) is 9.93. The van der Waals surface area contributed by atoms with Gasteiger partial charge in [-0.2, -0.15) is 8.42 Å². The summed E-state index contributed by atoms with van der Waals surface area (Å²) in [4.78, 5) is 26.6. The predicted octanol–water partition coefficient (Wildman–Crippen LogP) is 6.31. The molecule has 174 valence electrons. The highest BCUT2D eigenvalue weighted by atomic mass is 35.5. The van der Waals surface area contributed by atoms with Crippen LogP contribution in [-0.4, -0.2) is 24.5 Å². The molecule has 1 heterocycles. The number of benzene rings is 3. The first kappa shape index (κ1) is 24.3. The van der Waals surface area contributed by atoms with E-state index in [-0.39, 0.29) is 22.1 Å². The van der Waals surface area contributed by atoms with Crippen LogP contribution in [0.5, 0.6) is 5.75 Å². The molecule has 1 aliphatic rings.